The summed E-state index contributed by atoms with van der Waals surface area (Å²) in [7, 11) is 0. The van der Waals surface area contributed by atoms with Crippen LogP contribution in [0.2, 0.25) is 0 Å². The monoisotopic (exact) mass is 391 g/mol. The van der Waals surface area contributed by atoms with E-state index in [9.17, 15) is 14.9 Å². The molecule has 0 spiro atoms. The van der Waals surface area contributed by atoms with Crippen molar-refractivity contribution < 1.29 is 9.72 Å². The van der Waals surface area contributed by atoms with Crippen LogP contribution in [-0.4, -0.2) is 25.7 Å². The molecule has 0 aliphatic carbocycles. The molecule has 1 heterocycles. The van der Waals surface area contributed by atoms with Gasteiger partial charge < -0.3 is 0 Å². The highest BCUT2D eigenvalue weighted by Crippen LogP contribution is 2.27. The number of hydrogen-bond donors (Lipinski definition) is 2. The highest BCUT2D eigenvalue weighted by molar-refractivity contribution is 7.71. The molecule has 8 nitrogen and oxygen atoms in total. The summed E-state index contributed by atoms with van der Waals surface area (Å²) in [6.07, 6.45) is 0. The molecule has 3 aromatic carbocycles. The number of nitro benzene ring substituents is 1. The number of H-pyrrole nitrogens is 1. The SMILES string of the molecule is O=C(Nn1c(-c2cccc3ccccc23)n[nH]c1=S)c1cccc([N+](=O)[O-])c1. The number of fused-ring (bicyclic) bond motifs is 1. The molecule has 0 fully saturated rings. The highest BCUT2D eigenvalue weighted by Gasteiger charge is 2.16. The van der Waals surface area contributed by atoms with Crippen LogP contribution in [0, 0.1) is 14.9 Å². The van der Waals surface area contributed by atoms with Crippen LogP contribution in [-0.2, 0) is 0 Å². The Labute approximate surface area is 163 Å². The topological polar surface area (TPSA) is 106 Å². The van der Waals surface area contributed by atoms with Crippen molar-refractivity contribution in [1.29, 1.82) is 0 Å². The second kappa shape index (κ2) is 7.05. The lowest BCUT2D eigenvalue weighted by molar-refractivity contribution is -0.384. The summed E-state index contributed by atoms with van der Waals surface area (Å²) in [5.41, 5.74) is 3.42. The van der Waals surface area contributed by atoms with E-state index in [1.165, 1.54) is 28.9 Å². The lowest BCUT2D eigenvalue weighted by Crippen LogP contribution is -2.24. The smallest absolute Gasteiger partial charge is 0.267 e. The fourth-order valence-corrected chi connectivity index (χ4v) is 3.11. The Kier molecular flexibility index (Phi) is 4.42. The van der Waals surface area contributed by atoms with Crippen molar-refractivity contribution in [3.63, 3.8) is 0 Å². The molecule has 0 saturated carbocycles. The molecule has 0 unspecified atom stereocenters. The molecule has 0 atom stereocenters. The first-order chi connectivity index (χ1) is 13.5. The van der Waals surface area contributed by atoms with E-state index in [1.807, 2.05) is 42.5 Å². The molecule has 1 amide bonds. The molecule has 0 bridgehead atoms. The first-order valence-corrected chi connectivity index (χ1v) is 8.67. The number of carbonyl (C=O) groups excluding carboxylic acids is 1. The normalized spacial score (nSPS) is 10.7. The Hall–Kier alpha value is -3.85. The van der Waals surface area contributed by atoms with Gasteiger partial charge in [0.25, 0.3) is 11.6 Å². The number of aromatic nitrogens is 3. The number of nitrogens with one attached hydrogen (secondary N) is 2. The fourth-order valence-electron chi connectivity index (χ4n) is 2.93. The summed E-state index contributed by atoms with van der Waals surface area (Å²) in [5, 5.41) is 19.8. The predicted octanol–water partition coefficient (Wildman–Crippen LogP) is 4.05. The number of aromatic amines is 1. The molecular formula is C19H13N5O3S. The van der Waals surface area contributed by atoms with Gasteiger partial charge >= 0.3 is 0 Å². The summed E-state index contributed by atoms with van der Waals surface area (Å²) in [5.74, 6) is -0.108. The predicted molar refractivity (Wildman–Crippen MR) is 107 cm³/mol. The third-order valence-corrected chi connectivity index (χ3v) is 4.51. The van der Waals surface area contributed by atoms with Crippen LogP contribution in [0.15, 0.2) is 66.7 Å². The van der Waals surface area contributed by atoms with Crippen LogP contribution >= 0.6 is 12.2 Å². The maximum absolute atomic E-state index is 12.6. The highest BCUT2D eigenvalue weighted by atomic mass is 32.1. The van der Waals surface area contributed by atoms with E-state index in [2.05, 4.69) is 15.6 Å². The second-order valence-electron chi connectivity index (χ2n) is 5.96. The minimum Gasteiger partial charge on any atom is -0.267 e. The number of amides is 1. The van der Waals surface area contributed by atoms with E-state index in [0.29, 0.717) is 5.82 Å². The summed E-state index contributed by atoms with van der Waals surface area (Å²) < 4.78 is 1.56. The van der Waals surface area contributed by atoms with Crippen molar-refractivity contribution in [2.75, 3.05) is 5.43 Å². The molecule has 28 heavy (non-hydrogen) atoms. The van der Waals surface area contributed by atoms with E-state index in [1.54, 1.807) is 0 Å². The van der Waals surface area contributed by atoms with Crippen LogP contribution in [0.25, 0.3) is 22.2 Å². The fraction of sp³-hybridized carbons (Fsp3) is 0. The van der Waals surface area contributed by atoms with Gasteiger partial charge in [0.15, 0.2) is 5.82 Å². The van der Waals surface area contributed by atoms with Crippen molar-refractivity contribution >= 4 is 34.6 Å². The molecule has 0 radical (unpaired) electrons. The number of non-ortho nitro benzene ring substituents is 1. The quantitative estimate of drug-likeness (QED) is 0.310. The van der Waals surface area contributed by atoms with E-state index in [-0.39, 0.29) is 16.0 Å². The van der Waals surface area contributed by atoms with Crippen LogP contribution in [0.3, 0.4) is 0 Å². The minimum atomic E-state index is -0.554. The van der Waals surface area contributed by atoms with Gasteiger partial charge in [0.05, 0.1) is 4.92 Å². The number of nitro groups is 1. The molecule has 0 saturated heterocycles. The van der Waals surface area contributed by atoms with E-state index in [4.69, 9.17) is 12.2 Å². The molecule has 4 rings (SSSR count). The standard InChI is InChI=1S/C19H13N5O3S/c25-18(13-7-3-8-14(11-13)24(26)27)22-23-17(20-21-19(23)28)16-10-4-6-12-5-1-2-9-15(12)16/h1-11H,(H,21,28)(H,22,25). The molecule has 0 aliphatic heterocycles. The summed E-state index contributed by atoms with van der Waals surface area (Å²) in [6, 6.07) is 19.0. The van der Waals surface area contributed by atoms with Crippen LogP contribution < -0.4 is 5.43 Å². The van der Waals surface area contributed by atoms with Gasteiger partial charge in [-0.1, -0.05) is 48.5 Å². The van der Waals surface area contributed by atoms with Gasteiger partial charge in [-0.3, -0.25) is 20.3 Å². The van der Waals surface area contributed by atoms with Gasteiger partial charge in [-0.2, -0.15) is 5.10 Å². The van der Waals surface area contributed by atoms with Gasteiger partial charge in [-0.05, 0) is 29.1 Å². The molecule has 138 valence electrons. The maximum Gasteiger partial charge on any atom is 0.270 e. The van der Waals surface area contributed by atoms with Gasteiger partial charge in [0.2, 0.25) is 4.77 Å². The number of carbonyl (C=O) groups is 1. The zero-order valence-corrected chi connectivity index (χ0v) is 15.1. The molecule has 1 aromatic heterocycles. The first kappa shape index (κ1) is 17.6. The maximum atomic E-state index is 12.6. The third-order valence-electron chi connectivity index (χ3n) is 4.24. The molecular weight excluding hydrogens is 378 g/mol. The van der Waals surface area contributed by atoms with Crippen molar-refractivity contribution in [3.05, 3.63) is 87.2 Å². The van der Waals surface area contributed by atoms with Crippen LogP contribution in [0.4, 0.5) is 5.69 Å². The van der Waals surface area contributed by atoms with Gasteiger partial charge in [-0.15, -0.1) is 0 Å². The largest absolute Gasteiger partial charge is 0.270 e. The summed E-state index contributed by atoms with van der Waals surface area (Å²) in [6.45, 7) is 0. The van der Waals surface area contributed by atoms with E-state index >= 15 is 0 Å². The second-order valence-corrected chi connectivity index (χ2v) is 6.35. The molecule has 2 N–H and O–H groups in total. The number of nitrogens with zero attached hydrogens (tertiary/aromatic N) is 3. The summed E-state index contributed by atoms with van der Waals surface area (Å²) >= 11 is 5.25. The lowest BCUT2D eigenvalue weighted by atomic mass is 10.0. The Balaban J connectivity index is 1.75. The number of rotatable bonds is 4. The Morgan fingerprint density at radius 3 is 2.68 bits per heavy atom. The van der Waals surface area contributed by atoms with Crippen molar-refractivity contribution in [2.24, 2.45) is 0 Å². The van der Waals surface area contributed by atoms with Crippen molar-refractivity contribution in [1.82, 2.24) is 14.9 Å². The molecule has 4 aromatic rings. The van der Waals surface area contributed by atoms with E-state index in [0.717, 1.165) is 16.3 Å². The van der Waals surface area contributed by atoms with Gasteiger partial charge in [0, 0.05) is 23.3 Å². The average Bonchev–Trinajstić information content (AvgIpc) is 3.07. The summed E-state index contributed by atoms with van der Waals surface area (Å²) in [4.78, 5) is 23.0. The zero-order chi connectivity index (χ0) is 19.7. The van der Waals surface area contributed by atoms with E-state index < -0.39 is 10.8 Å². The van der Waals surface area contributed by atoms with Gasteiger partial charge in [-0.25, -0.2) is 9.77 Å². The number of benzene rings is 3. The Bertz CT molecular complexity index is 1270. The molecule has 9 heteroatoms. The first-order valence-electron chi connectivity index (χ1n) is 8.26. The minimum absolute atomic E-state index is 0.140. The van der Waals surface area contributed by atoms with Crippen molar-refractivity contribution in [2.45, 2.75) is 0 Å². The Morgan fingerprint density at radius 2 is 1.86 bits per heavy atom. The van der Waals surface area contributed by atoms with Gasteiger partial charge in [0.1, 0.15) is 0 Å². The molecule has 0 aliphatic rings. The number of hydrogen-bond acceptors (Lipinski definition) is 5. The Morgan fingerprint density at radius 1 is 1.11 bits per heavy atom. The van der Waals surface area contributed by atoms with Crippen LogP contribution in [0.5, 0.6) is 0 Å². The average molecular weight is 391 g/mol. The lowest BCUT2D eigenvalue weighted by Gasteiger charge is -2.10. The zero-order valence-electron chi connectivity index (χ0n) is 14.3. The third kappa shape index (κ3) is 3.14. The van der Waals surface area contributed by atoms with Crippen LogP contribution in [0.1, 0.15) is 10.4 Å². The van der Waals surface area contributed by atoms with Crippen molar-refractivity contribution in [3.8, 4) is 11.4 Å².